The second-order valence-electron chi connectivity index (χ2n) is 9.95. The molecule has 1 N–H and O–H groups in total. The summed E-state index contributed by atoms with van der Waals surface area (Å²) in [5.41, 5.74) is 1.39. The van der Waals surface area contributed by atoms with Gasteiger partial charge in [-0.15, -0.1) is 0 Å². The zero-order valence-corrected chi connectivity index (χ0v) is 15.1. The van der Waals surface area contributed by atoms with Gasteiger partial charge in [0.1, 0.15) is 0 Å². The lowest BCUT2D eigenvalue weighted by atomic mass is 9.68. The number of nitrogens with one attached hydrogen (secondary N) is 1. The van der Waals surface area contributed by atoms with E-state index in [1.165, 1.54) is 45.2 Å². The van der Waals surface area contributed by atoms with Gasteiger partial charge in [0.05, 0.1) is 0 Å². The standard InChI is InChI=1S/C19H36N2/c1-17(2,3)21-11-8-15(9-12-21)20-16-18(4,5)14-7-10-19(16,6)13-14/h14-16,20H,7-13H2,1-6H3. The van der Waals surface area contributed by atoms with Crippen molar-refractivity contribution in [3.8, 4) is 0 Å². The summed E-state index contributed by atoms with van der Waals surface area (Å²) in [5.74, 6) is 0.953. The third kappa shape index (κ3) is 2.67. The first-order valence-corrected chi connectivity index (χ1v) is 9.14. The number of rotatable bonds is 2. The Bertz CT molecular complexity index is 382. The highest BCUT2D eigenvalue weighted by molar-refractivity contribution is 5.12. The zero-order chi connectivity index (χ0) is 15.5. The highest BCUT2D eigenvalue weighted by atomic mass is 15.2. The van der Waals surface area contributed by atoms with Gasteiger partial charge >= 0.3 is 0 Å². The van der Waals surface area contributed by atoms with Crippen LogP contribution >= 0.6 is 0 Å². The van der Waals surface area contributed by atoms with Crippen molar-refractivity contribution in [2.75, 3.05) is 13.1 Å². The van der Waals surface area contributed by atoms with E-state index < -0.39 is 0 Å². The number of nitrogens with zero attached hydrogens (tertiary/aromatic N) is 1. The predicted octanol–water partition coefficient (Wildman–Crippen LogP) is 4.05. The van der Waals surface area contributed by atoms with Crippen LogP contribution in [-0.2, 0) is 0 Å². The number of piperidine rings is 1. The lowest BCUT2D eigenvalue weighted by Gasteiger charge is -2.47. The summed E-state index contributed by atoms with van der Waals surface area (Å²) >= 11 is 0. The maximum atomic E-state index is 4.13. The van der Waals surface area contributed by atoms with Crippen LogP contribution < -0.4 is 5.32 Å². The van der Waals surface area contributed by atoms with Gasteiger partial charge in [0.2, 0.25) is 0 Å². The summed E-state index contributed by atoms with van der Waals surface area (Å²) in [5, 5.41) is 4.13. The lowest BCUT2D eigenvalue weighted by molar-refractivity contribution is 0.0612. The molecular formula is C19H36N2. The minimum Gasteiger partial charge on any atom is -0.310 e. The molecule has 0 spiro atoms. The highest BCUT2D eigenvalue weighted by Crippen LogP contribution is 2.62. The van der Waals surface area contributed by atoms with Gasteiger partial charge < -0.3 is 5.32 Å². The monoisotopic (exact) mass is 292 g/mol. The topological polar surface area (TPSA) is 15.3 Å². The number of fused-ring (bicyclic) bond motifs is 2. The molecule has 21 heavy (non-hydrogen) atoms. The molecule has 2 bridgehead atoms. The molecule has 3 atom stereocenters. The molecule has 3 aliphatic rings. The molecule has 3 unspecified atom stereocenters. The Labute approximate surface area is 132 Å². The van der Waals surface area contributed by atoms with Gasteiger partial charge in [-0.25, -0.2) is 0 Å². The zero-order valence-electron chi connectivity index (χ0n) is 15.1. The van der Waals surface area contributed by atoms with Crippen LogP contribution in [0.15, 0.2) is 0 Å². The SMILES string of the molecule is CC12CCC(C1)C(C)(C)C2NC1CCN(C(C)(C)C)CC1. The van der Waals surface area contributed by atoms with E-state index in [-0.39, 0.29) is 0 Å². The molecule has 2 nitrogen and oxygen atoms in total. The second-order valence-corrected chi connectivity index (χ2v) is 9.95. The molecule has 2 aliphatic carbocycles. The van der Waals surface area contributed by atoms with Gasteiger partial charge in [-0.05, 0) is 69.6 Å². The molecular weight excluding hydrogens is 256 g/mol. The van der Waals surface area contributed by atoms with E-state index in [0.29, 0.717) is 16.4 Å². The molecule has 0 aromatic heterocycles. The second kappa shape index (κ2) is 4.96. The summed E-state index contributed by atoms with van der Waals surface area (Å²) in [6.45, 7) is 17.1. The summed E-state index contributed by atoms with van der Waals surface area (Å²) in [4.78, 5) is 2.65. The summed E-state index contributed by atoms with van der Waals surface area (Å²) < 4.78 is 0. The Morgan fingerprint density at radius 2 is 1.62 bits per heavy atom. The van der Waals surface area contributed by atoms with Gasteiger partial charge in [0.15, 0.2) is 0 Å². The average molecular weight is 293 g/mol. The number of likely N-dealkylation sites (tertiary alicyclic amines) is 1. The van der Waals surface area contributed by atoms with E-state index in [4.69, 9.17) is 0 Å². The van der Waals surface area contributed by atoms with Gasteiger partial charge in [-0.2, -0.15) is 0 Å². The van der Waals surface area contributed by atoms with E-state index in [2.05, 4.69) is 51.8 Å². The normalized spacial score (nSPS) is 40.9. The highest BCUT2D eigenvalue weighted by Gasteiger charge is 2.59. The molecule has 1 saturated heterocycles. The van der Waals surface area contributed by atoms with Gasteiger partial charge in [-0.1, -0.05) is 20.8 Å². The van der Waals surface area contributed by atoms with Gasteiger partial charge in [0.25, 0.3) is 0 Å². The largest absolute Gasteiger partial charge is 0.310 e. The van der Waals surface area contributed by atoms with Crippen LogP contribution in [0.4, 0.5) is 0 Å². The fourth-order valence-electron chi connectivity index (χ4n) is 5.67. The third-order valence-electron chi connectivity index (χ3n) is 7.12. The van der Waals surface area contributed by atoms with E-state index in [1.54, 1.807) is 0 Å². The van der Waals surface area contributed by atoms with Crippen LogP contribution in [0.1, 0.15) is 73.6 Å². The molecule has 3 fully saturated rings. The van der Waals surface area contributed by atoms with Crippen molar-refractivity contribution in [3.05, 3.63) is 0 Å². The number of hydrogen-bond acceptors (Lipinski definition) is 2. The summed E-state index contributed by atoms with van der Waals surface area (Å²) in [6, 6.07) is 1.47. The first-order valence-electron chi connectivity index (χ1n) is 9.14. The maximum Gasteiger partial charge on any atom is 0.0177 e. The van der Waals surface area contributed by atoms with Crippen LogP contribution in [0.2, 0.25) is 0 Å². The molecule has 0 radical (unpaired) electrons. The van der Waals surface area contributed by atoms with Crippen molar-refractivity contribution in [1.29, 1.82) is 0 Å². The van der Waals surface area contributed by atoms with Crippen molar-refractivity contribution >= 4 is 0 Å². The van der Waals surface area contributed by atoms with Gasteiger partial charge in [-0.3, -0.25) is 4.90 Å². The molecule has 2 heteroatoms. The molecule has 0 aromatic carbocycles. The molecule has 122 valence electrons. The van der Waals surface area contributed by atoms with Crippen LogP contribution in [-0.4, -0.2) is 35.6 Å². The molecule has 2 saturated carbocycles. The molecule has 1 aliphatic heterocycles. The molecule has 0 amide bonds. The smallest absolute Gasteiger partial charge is 0.0177 e. The van der Waals surface area contributed by atoms with Gasteiger partial charge in [0, 0.05) is 30.7 Å². The van der Waals surface area contributed by atoms with Crippen molar-refractivity contribution in [3.63, 3.8) is 0 Å². The molecule has 1 heterocycles. The minimum atomic E-state index is 0.336. The quantitative estimate of drug-likeness (QED) is 0.826. The maximum absolute atomic E-state index is 4.13. The van der Waals surface area contributed by atoms with E-state index in [1.807, 2.05) is 0 Å². The number of hydrogen-bond donors (Lipinski definition) is 1. The van der Waals surface area contributed by atoms with Crippen molar-refractivity contribution in [2.24, 2.45) is 16.7 Å². The fourth-order valence-corrected chi connectivity index (χ4v) is 5.67. The lowest BCUT2D eigenvalue weighted by Crippen LogP contribution is -2.57. The summed E-state index contributed by atoms with van der Waals surface area (Å²) in [7, 11) is 0. The van der Waals surface area contributed by atoms with Crippen molar-refractivity contribution < 1.29 is 0 Å². The van der Waals surface area contributed by atoms with Crippen LogP contribution in [0.25, 0.3) is 0 Å². The van der Waals surface area contributed by atoms with Crippen LogP contribution in [0.3, 0.4) is 0 Å². The fraction of sp³-hybridized carbons (Fsp3) is 1.00. The third-order valence-corrected chi connectivity index (χ3v) is 7.12. The predicted molar refractivity (Wildman–Crippen MR) is 90.5 cm³/mol. The average Bonchev–Trinajstić information content (AvgIpc) is 2.85. The van der Waals surface area contributed by atoms with E-state index >= 15 is 0 Å². The Morgan fingerprint density at radius 1 is 1.00 bits per heavy atom. The molecule has 0 aromatic rings. The first kappa shape index (κ1) is 15.8. The first-order chi connectivity index (χ1) is 9.63. The summed E-state index contributed by atoms with van der Waals surface area (Å²) in [6.07, 6.45) is 7.01. The molecule has 3 rings (SSSR count). The Balaban J connectivity index is 1.61. The van der Waals surface area contributed by atoms with Crippen molar-refractivity contribution in [2.45, 2.75) is 91.3 Å². The van der Waals surface area contributed by atoms with E-state index in [9.17, 15) is 0 Å². The Morgan fingerprint density at radius 3 is 2.10 bits per heavy atom. The van der Waals surface area contributed by atoms with Crippen LogP contribution in [0.5, 0.6) is 0 Å². The Hall–Kier alpha value is -0.0800. The van der Waals surface area contributed by atoms with E-state index in [0.717, 1.165) is 18.0 Å². The van der Waals surface area contributed by atoms with Crippen LogP contribution in [0, 0.1) is 16.7 Å². The minimum absolute atomic E-state index is 0.336. The Kier molecular flexibility index (Phi) is 3.73. The van der Waals surface area contributed by atoms with Crippen molar-refractivity contribution in [1.82, 2.24) is 10.2 Å².